The van der Waals surface area contributed by atoms with E-state index in [1.807, 2.05) is 0 Å². The van der Waals surface area contributed by atoms with E-state index < -0.39 is 0 Å². The number of ether oxygens (including phenoxy) is 1. The highest BCUT2D eigenvalue weighted by atomic mass is 16.5. The number of rotatable bonds is 8. The summed E-state index contributed by atoms with van der Waals surface area (Å²) in [5, 5.41) is 0. The van der Waals surface area contributed by atoms with Crippen molar-refractivity contribution >= 4 is 5.97 Å². The van der Waals surface area contributed by atoms with Crippen LogP contribution in [0.5, 0.6) is 0 Å². The summed E-state index contributed by atoms with van der Waals surface area (Å²) in [5.74, 6) is 3.65. The Hall–Kier alpha value is -0.790. The van der Waals surface area contributed by atoms with Crippen molar-refractivity contribution in [2.24, 2.45) is 23.7 Å². The van der Waals surface area contributed by atoms with Crippen molar-refractivity contribution in [3.8, 4) is 0 Å². The number of carbonyl (C=O) groups is 1. The Morgan fingerprint density at radius 2 is 1.48 bits per heavy atom. The van der Waals surface area contributed by atoms with Gasteiger partial charge in [0.1, 0.15) is 0 Å². The van der Waals surface area contributed by atoms with Crippen LogP contribution >= 0.6 is 0 Å². The summed E-state index contributed by atoms with van der Waals surface area (Å²) < 4.78 is 5.07. The third-order valence-electron chi connectivity index (χ3n) is 6.31. The van der Waals surface area contributed by atoms with E-state index in [0.29, 0.717) is 6.61 Å². The predicted octanol–water partition coefficient (Wildman–Crippen LogP) is 5.91. The number of hydrogen-bond donors (Lipinski definition) is 0. The first-order valence-electron chi connectivity index (χ1n) is 10.0. The molecule has 0 heterocycles. The maximum Gasteiger partial charge on any atom is 0.330 e. The lowest BCUT2D eigenvalue weighted by molar-refractivity contribution is -0.137. The van der Waals surface area contributed by atoms with Gasteiger partial charge in [0.15, 0.2) is 0 Å². The van der Waals surface area contributed by atoms with Crippen LogP contribution in [-0.2, 0) is 9.53 Å². The maximum atomic E-state index is 11.0. The molecule has 2 heteroatoms. The summed E-state index contributed by atoms with van der Waals surface area (Å²) in [4.78, 5) is 11.0. The second kappa shape index (κ2) is 10.2. The molecule has 0 saturated heterocycles. The summed E-state index contributed by atoms with van der Waals surface area (Å²) >= 11 is 0. The molecule has 0 N–H and O–H groups in total. The number of carbonyl (C=O) groups excluding carboxylic acids is 1. The average molecular weight is 321 g/mol. The maximum absolute atomic E-state index is 11.0. The van der Waals surface area contributed by atoms with Crippen molar-refractivity contribution in [3.05, 3.63) is 12.7 Å². The Morgan fingerprint density at radius 3 is 1.96 bits per heavy atom. The molecule has 23 heavy (non-hydrogen) atoms. The predicted molar refractivity (Wildman–Crippen MR) is 96.2 cm³/mol. The van der Waals surface area contributed by atoms with Gasteiger partial charge in [-0.1, -0.05) is 52.0 Å². The summed E-state index contributed by atoms with van der Waals surface area (Å²) in [6.45, 7) is 6.31. The van der Waals surface area contributed by atoms with Gasteiger partial charge in [-0.2, -0.15) is 0 Å². The van der Waals surface area contributed by atoms with Gasteiger partial charge in [-0.15, -0.1) is 0 Å². The van der Waals surface area contributed by atoms with Gasteiger partial charge in [0.05, 0.1) is 6.61 Å². The minimum atomic E-state index is -0.285. The molecule has 2 aliphatic rings. The van der Waals surface area contributed by atoms with Crippen molar-refractivity contribution in [2.45, 2.75) is 84.0 Å². The lowest BCUT2D eigenvalue weighted by atomic mass is 9.68. The standard InChI is InChI=1S/C21H36O2/c1-3-6-17-8-12-19(13-9-17)20-14-10-18(11-15-20)7-5-16-23-21(22)4-2/h4,17-20H,2-3,5-16H2,1H3. The molecule has 132 valence electrons. The SMILES string of the molecule is C=CC(=O)OCCCC1CCC(C2CCC(CCC)CC2)CC1. The van der Waals surface area contributed by atoms with Gasteiger partial charge >= 0.3 is 5.97 Å². The fraction of sp³-hybridized carbons (Fsp3) is 0.857. The van der Waals surface area contributed by atoms with Crippen LogP contribution in [0.1, 0.15) is 84.0 Å². The third-order valence-corrected chi connectivity index (χ3v) is 6.31. The molecule has 0 unspecified atom stereocenters. The van der Waals surface area contributed by atoms with Gasteiger partial charge in [0.25, 0.3) is 0 Å². The normalized spacial score (nSPS) is 31.5. The highest BCUT2D eigenvalue weighted by Gasteiger charge is 2.30. The first kappa shape index (κ1) is 18.5. The van der Waals surface area contributed by atoms with Gasteiger partial charge in [-0.05, 0) is 62.2 Å². The summed E-state index contributed by atoms with van der Waals surface area (Å²) in [6, 6.07) is 0. The Kier molecular flexibility index (Phi) is 8.19. The smallest absolute Gasteiger partial charge is 0.330 e. The van der Waals surface area contributed by atoms with Crippen LogP contribution in [0.3, 0.4) is 0 Å². The van der Waals surface area contributed by atoms with Crippen LogP contribution in [0.25, 0.3) is 0 Å². The minimum absolute atomic E-state index is 0.285. The molecule has 2 rings (SSSR count). The molecule has 2 fully saturated rings. The molecule has 0 aliphatic heterocycles. The fourth-order valence-electron chi connectivity index (χ4n) is 4.91. The first-order chi connectivity index (χ1) is 11.2. The van der Waals surface area contributed by atoms with Gasteiger partial charge in [-0.25, -0.2) is 4.79 Å². The molecule has 0 aromatic heterocycles. The quantitative estimate of drug-likeness (QED) is 0.316. The number of hydrogen-bond acceptors (Lipinski definition) is 2. The first-order valence-corrected chi connectivity index (χ1v) is 10.0. The molecular formula is C21H36O2. The topological polar surface area (TPSA) is 26.3 Å². The molecule has 0 atom stereocenters. The van der Waals surface area contributed by atoms with Gasteiger partial charge in [0.2, 0.25) is 0 Å². The van der Waals surface area contributed by atoms with Gasteiger partial charge in [-0.3, -0.25) is 0 Å². The van der Waals surface area contributed by atoms with Crippen molar-refractivity contribution in [3.63, 3.8) is 0 Å². The van der Waals surface area contributed by atoms with Crippen LogP contribution < -0.4 is 0 Å². The fourth-order valence-corrected chi connectivity index (χ4v) is 4.91. The van der Waals surface area contributed by atoms with Crippen molar-refractivity contribution < 1.29 is 9.53 Å². The summed E-state index contributed by atoms with van der Waals surface area (Å²) in [5.41, 5.74) is 0. The molecule has 0 aromatic rings. The molecule has 0 radical (unpaired) electrons. The van der Waals surface area contributed by atoms with Crippen LogP contribution in [0.4, 0.5) is 0 Å². The van der Waals surface area contributed by atoms with Crippen LogP contribution in [0, 0.1) is 23.7 Å². The Balaban J connectivity index is 1.57. The molecule has 2 nitrogen and oxygen atoms in total. The van der Waals surface area contributed by atoms with E-state index >= 15 is 0 Å². The van der Waals surface area contributed by atoms with Crippen LogP contribution in [-0.4, -0.2) is 12.6 Å². The molecule has 0 bridgehead atoms. The molecular weight excluding hydrogens is 284 g/mol. The summed E-state index contributed by atoms with van der Waals surface area (Å²) in [7, 11) is 0. The Bertz CT molecular complexity index is 347. The van der Waals surface area contributed by atoms with E-state index in [-0.39, 0.29) is 5.97 Å². The van der Waals surface area contributed by atoms with E-state index in [1.54, 1.807) is 0 Å². The Morgan fingerprint density at radius 1 is 0.957 bits per heavy atom. The van der Waals surface area contributed by atoms with Crippen LogP contribution in [0.15, 0.2) is 12.7 Å². The Labute approximate surface area is 143 Å². The van der Waals surface area contributed by atoms with E-state index in [9.17, 15) is 4.79 Å². The molecule has 2 aliphatic carbocycles. The van der Waals surface area contributed by atoms with Crippen molar-refractivity contribution in [2.75, 3.05) is 6.61 Å². The molecule has 0 aromatic carbocycles. The second-order valence-corrected chi connectivity index (χ2v) is 7.86. The average Bonchev–Trinajstić information content (AvgIpc) is 2.60. The van der Waals surface area contributed by atoms with E-state index in [0.717, 1.165) is 30.1 Å². The van der Waals surface area contributed by atoms with Crippen molar-refractivity contribution in [1.29, 1.82) is 0 Å². The molecule has 0 amide bonds. The van der Waals surface area contributed by atoms with E-state index in [2.05, 4.69) is 13.5 Å². The summed E-state index contributed by atoms with van der Waals surface area (Å²) in [6.07, 6.45) is 18.0. The third kappa shape index (κ3) is 6.31. The second-order valence-electron chi connectivity index (χ2n) is 7.86. The zero-order valence-corrected chi connectivity index (χ0v) is 15.1. The van der Waals surface area contributed by atoms with E-state index in [1.165, 1.54) is 76.7 Å². The highest BCUT2D eigenvalue weighted by molar-refractivity contribution is 5.81. The van der Waals surface area contributed by atoms with Gasteiger partial charge < -0.3 is 4.74 Å². The lowest BCUT2D eigenvalue weighted by Crippen LogP contribution is -2.26. The largest absolute Gasteiger partial charge is 0.463 e. The zero-order valence-electron chi connectivity index (χ0n) is 15.1. The molecule has 0 spiro atoms. The number of esters is 1. The highest BCUT2D eigenvalue weighted by Crippen LogP contribution is 2.42. The lowest BCUT2D eigenvalue weighted by Gasteiger charge is -2.38. The monoisotopic (exact) mass is 320 g/mol. The van der Waals surface area contributed by atoms with Crippen LogP contribution in [0.2, 0.25) is 0 Å². The molecule has 2 saturated carbocycles. The minimum Gasteiger partial charge on any atom is -0.463 e. The van der Waals surface area contributed by atoms with E-state index in [4.69, 9.17) is 4.74 Å². The zero-order chi connectivity index (χ0) is 16.5. The van der Waals surface area contributed by atoms with Crippen molar-refractivity contribution in [1.82, 2.24) is 0 Å². The van der Waals surface area contributed by atoms with Gasteiger partial charge in [0, 0.05) is 6.08 Å².